The Bertz CT molecular complexity index is 252. The highest BCUT2D eigenvalue weighted by Crippen LogP contribution is 2.06. The van der Waals surface area contributed by atoms with Crippen molar-refractivity contribution in [1.29, 1.82) is 0 Å². The van der Waals surface area contributed by atoms with Crippen molar-refractivity contribution < 1.29 is 8.42 Å². The lowest BCUT2D eigenvalue weighted by molar-refractivity contribution is 0.423. The molecule has 0 aromatic rings. The number of hydrogen-bond donors (Lipinski definition) is 1. The van der Waals surface area contributed by atoms with Crippen molar-refractivity contribution in [3.05, 3.63) is 0 Å². The summed E-state index contributed by atoms with van der Waals surface area (Å²) in [5.41, 5.74) is 5.75. The van der Waals surface area contributed by atoms with Gasteiger partial charge in [0.15, 0.2) is 0 Å². The Balaban J connectivity index is 4.37. The number of sulfonamides is 1. The van der Waals surface area contributed by atoms with Crippen LogP contribution in [0.1, 0.15) is 40.0 Å². The Hall–Kier alpha value is -0.130. The van der Waals surface area contributed by atoms with Crippen molar-refractivity contribution in [3.63, 3.8) is 0 Å². The van der Waals surface area contributed by atoms with Gasteiger partial charge in [-0.3, -0.25) is 0 Å². The lowest BCUT2D eigenvalue weighted by Crippen LogP contribution is -2.40. The van der Waals surface area contributed by atoms with E-state index in [1.807, 2.05) is 20.8 Å². The predicted octanol–water partition coefficient (Wildman–Crippen LogP) is 1.18. The van der Waals surface area contributed by atoms with Crippen LogP contribution >= 0.6 is 0 Å². The zero-order valence-corrected chi connectivity index (χ0v) is 10.9. The van der Waals surface area contributed by atoms with Gasteiger partial charge in [-0.2, -0.15) is 0 Å². The molecule has 0 aliphatic heterocycles. The normalized spacial score (nSPS) is 14.5. The van der Waals surface area contributed by atoms with Crippen molar-refractivity contribution in [3.8, 4) is 0 Å². The molecule has 2 N–H and O–H groups in total. The number of hydrogen-bond acceptors (Lipinski definition) is 3. The second-order valence-corrected chi connectivity index (χ2v) is 5.83. The second-order valence-electron chi connectivity index (χ2n) is 3.82. The smallest absolute Gasteiger partial charge is 0.215 e. The summed E-state index contributed by atoms with van der Waals surface area (Å²) in [6, 6.07) is -0.231. The van der Waals surface area contributed by atoms with Gasteiger partial charge in [0.05, 0.1) is 5.75 Å². The third kappa shape index (κ3) is 5.49. The summed E-state index contributed by atoms with van der Waals surface area (Å²) in [6.07, 6.45) is 2.54. The van der Waals surface area contributed by atoms with Crippen LogP contribution < -0.4 is 5.73 Å². The Kier molecular flexibility index (Phi) is 7.13. The molecule has 1 unspecified atom stereocenters. The molecule has 1 atom stereocenters. The third-order valence-electron chi connectivity index (χ3n) is 2.30. The number of nitrogens with two attached hydrogens (primary N) is 1. The molecule has 0 rings (SSSR count). The fourth-order valence-electron chi connectivity index (χ4n) is 1.57. The summed E-state index contributed by atoms with van der Waals surface area (Å²) in [5.74, 6) is 0.0781. The maximum absolute atomic E-state index is 11.9. The van der Waals surface area contributed by atoms with Crippen LogP contribution in [0.2, 0.25) is 0 Å². The van der Waals surface area contributed by atoms with Gasteiger partial charge < -0.3 is 5.73 Å². The Labute approximate surface area is 93.9 Å². The molecular formula is C10H24N2O2S. The number of rotatable bonds is 8. The largest absolute Gasteiger partial charge is 0.327 e. The van der Waals surface area contributed by atoms with E-state index in [1.54, 1.807) is 0 Å². The van der Waals surface area contributed by atoms with Crippen LogP contribution in [0.4, 0.5) is 0 Å². The van der Waals surface area contributed by atoms with Crippen molar-refractivity contribution in [1.82, 2.24) is 4.31 Å². The third-order valence-corrected chi connectivity index (χ3v) is 4.38. The van der Waals surface area contributed by atoms with E-state index in [-0.39, 0.29) is 11.8 Å². The molecule has 0 saturated carbocycles. The van der Waals surface area contributed by atoms with Gasteiger partial charge in [-0.25, -0.2) is 12.7 Å². The van der Waals surface area contributed by atoms with Gasteiger partial charge in [0.1, 0.15) is 0 Å². The van der Waals surface area contributed by atoms with E-state index in [2.05, 4.69) is 0 Å². The fraction of sp³-hybridized carbons (Fsp3) is 1.00. The minimum Gasteiger partial charge on any atom is -0.327 e. The molecule has 0 saturated heterocycles. The van der Waals surface area contributed by atoms with Crippen LogP contribution in [-0.4, -0.2) is 37.6 Å². The maximum Gasteiger partial charge on any atom is 0.215 e. The summed E-state index contributed by atoms with van der Waals surface area (Å²) >= 11 is 0. The molecule has 92 valence electrons. The minimum atomic E-state index is -3.15. The molecule has 0 heterocycles. The van der Waals surface area contributed by atoms with Crippen LogP contribution in [-0.2, 0) is 10.0 Å². The molecule has 0 aliphatic carbocycles. The van der Waals surface area contributed by atoms with Gasteiger partial charge in [-0.05, 0) is 12.8 Å². The van der Waals surface area contributed by atoms with Crippen molar-refractivity contribution in [2.75, 3.05) is 18.8 Å². The van der Waals surface area contributed by atoms with Crippen LogP contribution in [0.5, 0.6) is 0 Å². The molecule has 5 heteroatoms. The topological polar surface area (TPSA) is 63.4 Å². The van der Waals surface area contributed by atoms with Gasteiger partial charge in [0, 0.05) is 19.1 Å². The monoisotopic (exact) mass is 236 g/mol. The van der Waals surface area contributed by atoms with E-state index >= 15 is 0 Å². The molecular weight excluding hydrogens is 212 g/mol. The highest BCUT2D eigenvalue weighted by Gasteiger charge is 2.22. The molecule has 0 radical (unpaired) electrons. The van der Waals surface area contributed by atoms with Crippen molar-refractivity contribution in [2.45, 2.75) is 46.1 Å². The zero-order valence-electron chi connectivity index (χ0n) is 10.1. The highest BCUT2D eigenvalue weighted by atomic mass is 32.2. The van der Waals surface area contributed by atoms with Gasteiger partial charge in [0.25, 0.3) is 0 Å². The van der Waals surface area contributed by atoms with E-state index in [4.69, 9.17) is 5.73 Å². The lowest BCUT2D eigenvalue weighted by atomic mass is 10.2. The Morgan fingerprint density at radius 2 is 1.80 bits per heavy atom. The van der Waals surface area contributed by atoms with Gasteiger partial charge >= 0.3 is 0 Å². The van der Waals surface area contributed by atoms with E-state index in [9.17, 15) is 8.42 Å². The standard InChI is InChI=1S/C10H24N2O2S/c1-4-7-10(11)9-15(13,14)12(6-3)8-5-2/h10H,4-9,11H2,1-3H3. The fourth-order valence-corrected chi connectivity index (χ4v) is 3.35. The molecule has 0 aromatic heterocycles. The van der Waals surface area contributed by atoms with Crippen molar-refractivity contribution >= 4 is 10.0 Å². The molecule has 0 fully saturated rings. The summed E-state index contributed by atoms with van der Waals surface area (Å²) in [7, 11) is -3.15. The average Bonchev–Trinajstić information content (AvgIpc) is 2.13. The van der Waals surface area contributed by atoms with Crippen LogP contribution in [0.3, 0.4) is 0 Å². The Morgan fingerprint density at radius 3 is 2.20 bits per heavy atom. The second kappa shape index (κ2) is 7.19. The van der Waals surface area contributed by atoms with Crippen molar-refractivity contribution in [2.24, 2.45) is 5.73 Å². The van der Waals surface area contributed by atoms with Gasteiger partial charge in [0.2, 0.25) is 10.0 Å². The average molecular weight is 236 g/mol. The molecule has 0 amide bonds. The maximum atomic E-state index is 11.9. The minimum absolute atomic E-state index is 0.0781. The molecule has 0 spiro atoms. The predicted molar refractivity (Wildman–Crippen MR) is 64.2 cm³/mol. The van der Waals surface area contributed by atoms with E-state index in [0.717, 1.165) is 19.3 Å². The molecule has 0 bridgehead atoms. The molecule has 0 aromatic carbocycles. The lowest BCUT2D eigenvalue weighted by Gasteiger charge is -2.21. The first kappa shape index (κ1) is 14.9. The molecule has 15 heavy (non-hydrogen) atoms. The first-order valence-electron chi connectivity index (χ1n) is 5.71. The van der Waals surface area contributed by atoms with Gasteiger partial charge in [-0.1, -0.05) is 27.2 Å². The number of nitrogens with zero attached hydrogens (tertiary/aromatic N) is 1. The Morgan fingerprint density at radius 1 is 1.20 bits per heavy atom. The highest BCUT2D eigenvalue weighted by molar-refractivity contribution is 7.89. The van der Waals surface area contributed by atoms with Crippen LogP contribution in [0.15, 0.2) is 0 Å². The summed E-state index contributed by atoms with van der Waals surface area (Å²) in [4.78, 5) is 0. The summed E-state index contributed by atoms with van der Waals surface area (Å²) in [5, 5.41) is 0. The van der Waals surface area contributed by atoms with E-state index < -0.39 is 10.0 Å². The summed E-state index contributed by atoms with van der Waals surface area (Å²) in [6.45, 7) is 6.98. The summed E-state index contributed by atoms with van der Waals surface area (Å²) < 4.78 is 25.3. The molecule has 0 aliphatic rings. The zero-order chi connectivity index (χ0) is 11.9. The van der Waals surface area contributed by atoms with E-state index in [0.29, 0.717) is 13.1 Å². The first-order chi connectivity index (χ1) is 6.97. The first-order valence-corrected chi connectivity index (χ1v) is 7.32. The quantitative estimate of drug-likeness (QED) is 0.688. The SMILES string of the molecule is CCCC(N)CS(=O)(=O)N(CC)CCC. The van der Waals surface area contributed by atoms with Gasteiger partial charge in [-0.15, -0.1) is 0 Å². The van der Waals surface area contributed by atoms with E-state index in [1.165, 1.54) is 4.31 Å². The molecule has 4 nitrogen and oxygen atoms in total. The van der Waals surface area contributed by atoms with Crippen LogP contribution in [0.25, 0.3) is 0 Å². The van der Waals surface area contributed by atoms with Crippen LogP contribution in [0, 0.1) is 0 Å².